The Labute approximate surface area is 118 Å². The third kappa shape index (κ3) is 4.41. The molecule has 1 aromatic rings. The topological polar surface area (TPSA) is 29.1 Å². The van der Waals surface area contributed by atoms with E-state index in [9.17, 15) is 4.79 Å². The van der Waals surface area contributed by atoms with Crippen molar-refractivity contribution < 1.29 is 4.79 Å². The highest BCUT2D eigenvalue weighted by Crippen LogP contribution is 2.18. The van der Waals surface area contributed by atoms with Gasteiger partial charge in [-0.15, -0.1) is 0 Å². The van der Waals surface area contributed by atoms with Crippen LogP contribution in [0.3, 0.4) is 0 Å². The van der Waals surface area contributed by atoms with E-state index in [1.165, 1.54) is 0 Å². The van der Waals surface area contributed by atoms with Crippen LogP contribution in [0.25, 0.3) is 0 Å². The van der Waals surface area contributed by atoms with Crippen LogP contribution in [0, 0.1) is 9.49 Å². The molecule has 1 amide bonds. The summed E-state index contributed by atoms with van der Waals surface area (Å²) in [5, 5.41) is 2.93. The molecule has 0 unspecified atom stereocenters. The second-order valence-electron chi connectivity index (χ2n) is 4.06. The first-order chi connectivity index (χ1) is 7.50. The molecule has 0 radical (unpaired) electrons. The highest BCUT2D eigenvalue weighted by Gasteiger charge is 2.09. The number of carbonyl (C=O) groups excluding carboxylic acids is 1. The number of carbonyl (C=O) groups is 1. The molecule has 0 aliphatic heterocycles. The summed E-state index contributed by atoms with van der Waals surface area (Å²) in [4.78, 5) is 11.9. The number of hydrogen-bond donors (Lipinski definition) is 1. The first-order valence-electron chi connectivity index (χ1n) is 5.24. The van der Waals surface area contributed by atoms with Crippen LogP contribution < -0.4 is 5.32 Å². The standard InChI is InChI=1S/C12H15BrINO/c1-8(2)5-6-15-12(16)10-7-9(13)3-4-11(10)14/h3-4,7-8H,5-6H2,1-2H3,(H,15,16). The number of rotatable bonds is 4. The monoisotopic (exact) mass is 395 g/mol. The van der Waals surface area contributed by atoms with Crippen LogP contribution in [0.2, 0.25) is 0 Å². The number of benzene rings is 1. The van der Waals surface area contributed by atoms with Crippen LogP contribution in [0.15, 0.2) is 22.7 Å². The van der Waals surface area contributed by atoms with Gasteiger partial charge in [0, 0.05) is 14.6 Å². The van der Waals surface area contributed by atoms with E-state index in [2.05, 4.69) is 57.7 Å². The minimum absolute atomic E-state index is 0.00588. The van der Waals surface area contributed by atoms with Gasteiger partial charge in [-0.25, -0.2) is 0 Å². The van der Waals surface area contributed by atoms with Gasteiger partial charge in [-0.2, -0.15) is 0 Å². The Bertz CT molecular complexity index is 379. The number of halogens is 2. The molecule has 0 heterocycles. The van der Waals surface area contributed by atoms with Crippen molar-refractivity contribution in [3.63, 3.8) is 0 Å². The Morgan fingerprint density at radius 2 is 2.19 bits per heavy atom. The molecular weight excluding hydrogens is 381 g/mol. The van der Waals surface area contributed by atoms with Crippen molar-refractivity contribution in [2.24, 2.45) is 5.92 Å². The fourth-order valence-electron chi connectivity index (χ4n) is 1.24. The van der Waals surface area contributed by atoms with Gasteiger partial charge in [0.15, 0.2) is 0 Å². The van der Waals surface area contributed by atoms with E-state index in [-0.39, 0.29) is 5.91 Å². The predicted octanol–water partition coefficient (Wildman–Crippen LogP) is 3.83. The molecule has 1 rings (SSSR count). The van der Waals surface area contributed by atoms with Crippen molar-refractivity contribution in [2.75, 3.05) is 6.54 Å². The summed E-state index contributed by atoms with van der Waals surface area (Å²) in [6.07, 6.45) is 1.01. The van der Waals surface area contributed by atoms with Crippen LogP contribution >= 0.6 is 38.5 Å². The molecule has 1 N–H and O–H groups in total. The smallest absolute Gasteiger partial charge is 0.252 e. The summed E-state index contributed by atoms with van der Waals surface area (Å²) in [5.41, 5.74) is 0.735. The van der Waals surface area contributed by atoms with Crippen molar-refractivity contribution >= 4 is 44.4 Å². The Balaban J connectivity index is 2.62. The lowest BCUT2D eigenvalue weighted by Gasteiger charge is -2.08. The molecule has 88 valence electrons. The molecule has 0 spiro atoms. The second kappa shape index (κ2) is 6.59. The van der Waals surface area contributed by atoms with Crippen molar-refractivity contribution in [3.8, 4) is 0 Å². The van der Waals surface area contributed by atoms with E-state index in [0.29, 0.717) is 5.92 Å². The first-order valence-corrected chi connectivity index (χ1v) is 7.11. The molecule has 0 aliphatic rings. The van der Waals surface area contributed by atoms with Crippen molar-refractivity contribution in [1.82, 2.24) is 5.32 Å². The van der Waals surface area contributed by atoms with Gasteiger partial charge in [0.05, 0.1) is 5.56 Å². The van der Waals surface area contributed by atoms with E-state index in [0.717, 1.165) is 26.6 Å². The van der Waals surface area contributed by atoms with Gasteiger partial charge in [0.2, 0.25) is 0 Å². The molecular formula is C12H15BrINO. The number of amides is 1. The molecule has 0 saturated carbocycles. The maximum atomic E-state index is 11.9. The third-order valence-corrected chi connectivity index (χ3v) is 3.61. The molecule has 1 aromatic carbocycles. The fourth-order valence-corrected chi connectivity index (χ4v) is 2.18. The summed E-state index contributed by atoms with van der Waals surface area (Å²) in [5.74, 6) is 0.619. The van der Waals surface area contributed by atoms with E-state index in [1.54, 1.807) is 0 Å². The number of hydrogen-bond acceptors (Lipinski definition) is 1. The Morgan fingerprint density at radius 3 is 2.81 bits per heavy atom. The molecule has 0 atom stereocenters. The second-order valence-corrected chi connectivity index (χ2v) is 6.14. The third-order valence-electron chi connectivity index (χ3n) is 2.18. The summed E-state index contributed by atoms with van der Waals surface area (Å²) >= 11 is 5.55. The van der Waals surface area contributed by atoms with Gasteiger partial charge in [-0.1, -0.05) is 29.8 Å². The summed E-state index contributed by atoms with van der Waals surface area (Å²) in [7, 11) is 0. The van der Waals surface area contributed by atoms with Crippen LogP contribution in [0.5, 0.6) is 0 Å². The van der Waals surface area contributed by atoms with Crippen LogP contribution in [0.1, 0.15) is 30.6 Å². The Kier molecular flexibility index (Phi) is 5.75. The van der Waals surface area contributed by atoms with Gasteiger partial charge in [0.25, 0.3) is 5.91 Å². The van der Waals surface area contributed by atoms with Crippen molar-refractivity contribution in [1.29, 1.82) is 0 Å². The van der Waals surface area contributed by atoms with Crippen LogP contribution in [0.4, 0.5) is 0 Å². The minimum Gasteiger partial charge on any atom is -0.352 e. The van der Waals surface area contributed by atoms with E-state index in [4.69, 9.17) is 0 Å². The highest BCUT2D eigenvalue weighted by atomic mass is 127. The average molecular weight is 396 g/mol. The van der Waals surface area contributed by atoms with Gasteiger partial charge < -0.3 is 5.32 Å². The lowest BCUT2D eigenvalue weighted by atomic mass is 10.1. The van der Waals surface area contributed by atoms with E-state index in [1.807, 2.05) is 18.2 Å². The quantitative estimate of drug-likeness (QED) is 0.771. The SMILES string of the molecule is CC(C)CCNC(=O)c1cc(Br)ccc1I. The molecule has 0 aliphatic carbocycles. The normalized spacial score (nSPS) is 10.6. The largest absolute Gasteiger partial charge is 0.352 e. The van der Waals surface area contributed by atoms with Crippen LogP contribution in [-0.4, -0.2) is 12.5 Å². The van der Waals surface area contributed by atoms with Gasteiger partial charge in [-0.3, -0.25) is 4.79 Å². The molecule has 0 aromatic heterocycles. The Morgan fingerprint density at radius 1 is 1.50 bits per heavy atom. The van der Waals surface area contributed by atoms with Gasteiger partial charge >= 0.3 is 0 Å². The summed E-state index contributed by atoms with van der Waals surface area (Å²) < 4.78 is 1.91. The maximum Gasteiger partial charge on any atom is 0.252 e. The average Bonchev–Trinajstić information content (AvgIpc) is 2.21. The molecule has 2 nitrogen and oxygen atoms in total. The zero-order chi connectivity index (χ0) is 12.1. The highest BCUT2D eigenvalue weighted by molar-refractivity contribution is 14.1. The zero-order valence-corrected chi connectivity index (χ0v) is 13.1. The Hall–Kier alpha value is -0.100. The molecule has 16 heavy (non-hydrogen) atoms. The fraction of sp³-hybridized carbons (Fsp3) is 0.417. The predicted molar refractivity (Wildman–Crippen MR) is 78.6 cm³/mol. The molecule has 4 heteroatoms. The lowest BCUT2D eigenvalue weighted by Crippen LogP contribution is -2.26. The van der Waals surface area contributed by atoms with Crippen molar-refractivity contribution in [3.05, 3.63) is 31.8 Å². The molecule has 0 bridgehead atoms. The van der Waals surface area contributed by atoms with Gasteiger partial charge in [0.1, 0.15) is 0 Å². The molecule has 0 fully saturated rings. The van der Waals surface area contributed by atoms with Gasteiger partial charge in [-0.05, 0) is 53.1 Å². The summed E-state index contributed by atoms with van der Waals surface area (Å²) in [6.45, 7) is 5.03. The zero-order valence-electron chi connectivity index (χ0n) is 9.39. The minimum atomic E-state index is 0.00588. The van der Waals surface area contributed by atoms with Crippen LogP contribution in [-0.2, 0) is 0 Å². The van der Waals surface area contributed by atoms with Crippen molar-refractivity contribution in [2.45, 2.75) is 20.3 Å². The van der Waals surface area contributed by atoms with E-state index >= 15 is 0 Å². The summed E-state index contributed by atoms with van der Waals surface area (Å²) in [6, 6.07) is 5.72. The lowest BCUT2D eigenvalue weighted by molar-refractivity contribution is 0.0951. The molecule has 0 saturated heterocycles. The van der Waals surface area contributed by atoms with E-state index < -0.39 is 0 Å². The maximum absolute atomic E-state index is 11.9. The number of nitrogens with one attached hydrogen (secondary N) is 1. The first kappa shape index (κ1) is 14.0.